The van der Waals surface area contributed by atoms with E-state index in [1.807, 2.05) is 11.6 Å². The molecule has 0 aliphatic heterocycles. The average Bonchev–Trinajstić information content (AvgIpc) is 3.01. The second-order valence-electron chi connectivity index (χ2n) is 5.87. The lowest BCUT2D eigenvalue weighted by Gasteiger charge is -2.18. The van der Waals surface area contributed by atoms with E-state index in [-0.39, 0.29) is 6.04 Å². The normalized spacial score (nSPS) is 12.2. The van der Waals surface area contributed by atoms with Crippen molar-refractivity contribution in [2.24, 2.45) is 0 Å². The Labute approximate surface area is 149 Å². The minimum absolute atomic E-state index is 0.232. The summed E-state index contributed by atoms with van der Waals surface area (Å²) < 4.78 is 11.7. The summed E-state index contributed by atoms with van der Waals surface area (Å²) in [6.07, 6.45) is 1.97. The van der Waals surface area contributed by atoms with Crippen LogP contribution in [0.1, 0.15) is 55.8 Å². The van der Waals surface area contributed by atoms with E-state index in [2.05, 4.69) is 50.1 Å². The van der Waals surface area contributed by atoms with E-state index in [0.717, 1.165) is 36.6 Å². The molecular weight excluding hydrogens is 320 g/mol. The summed E-state index contributed by atoms with van der Waals surface area (Å²) in [6.45, 7) is 10.7. The minimum Gasteiger partial charge on any atom is -0.490 e. The summed E-state index contributed by atoms with van der Waals surface area (Å²) in [5.41, 5.74) is 4.20. The van der Waals surface area contributed by atoms with Gasteiger partial charge in [0.05, 0.1) is 24.4 Å². The van der Waals surface area contributed by atoms with Gasteiger partial charge in [0, 0.05) is 17.5 Å². The molecule has 24 heavy (non-hydrogen) atoms. The van der Waals surface area contributed by atoms with Gasteiger partial charge < -0.3 is 14.8 Å². The van der Waals surface area contributed by atoms with Gasteiger partial charge in [0.1, 0.15) is 0 Å². The third-order valence-electron chi connectivity index (χ3n) is 3.80. The van der Waals surface area contributed by atoms with E-state index in [0.29, 0.717) is 13.2 Å². The molecule has 0 fully saturated rings. The lowest BCUT2D eigenvalue weighted by molar-refractivity contribution is 0.268. The van der Waals surface area contributed by atoms with Crippen molar-refractivity contribution in [1.82, 2.24) is 10.3 Å². The summed E-state index contributed by atoms with van der Waals surface area (Å²) in [5.74, 6) is 1.67. The molecule has 0 radical (unpaired) electrons. The first-order chi connectivity index (χ1) is 11.7. The van der Waals surface area contributed by atoms with Crippen LogP contribution in [0.4, 0.5) is 0 Å². The number of nitrogens with zero attached hydrogens (tertiary/aromatic N) is 1. The highest BCUT2D eigenvalue weighted by Crippen LogP contribution is 2.31. The van der Waals surface area contributed by atoms with Gasteiger partial charge in [-0.05, 0) is 44.4 Å². The molecular formula is C19H28N2O2S. The zero-order valence-electron chi connectivity index (χ0n) is 15.1. The van der Waals surface area contributed by atoms with Crippen molar-refractivity contribution in [2.45, 2.75) is 53.1 Å². The van der Waals surface area contributed by atoms with Crippen molar-refractivity contribution in [1.29, 1.82) is 0 Å². The SMILES string of the molecule is CCCOc1ccc(C(C)NCc2scnc2C)cc1OCCC. The van der Waals surface area contributed by atoms with Gasteiger partial charge in [0.15, 0.2) is 11.5 Å². The molecule has 1 atom stereocenters. The molecule has 0 aliphatic carbocycles. The molecule has 5 heteroatoms. The average molecular weight is 349 g/mol. The minimum atomic E-state index is 0.232. The summed E-state index contributed by atoms with van der Waals surface area (Å²) >= 11 is 1.69. The first kappa shape index (κ1) is 18.7. The fraction of sp³-hybridized carbons (Fsp3) is 0.526. The Morgan fingerprint density at radius 3 is 2.46 bits per heavy atom. The molecule has 2 aromatic rings. The Morgan fingerprint density at radius 2 is 1.83 bits per heavy atom. The van der Waals surface area contributed by atoms with Crippen molar-refractivity contribution >= 4 is 11.3 Å². The maximum Gasteiger partial charge on any atom is 0.161 e. The van der Waals surface area contributed by atoms with E-state index in [4.69, 9.17) is 9.47 Å². The number of nitrogens with one attached hydrogen (secondary N) is 1. The number of aromatic nitrogens is 1. The predicted octanol–water partition coefficient (Wildman–Crippen LogP) is 4.88. The summed E-state index contributed by atoms with van der Waals surface area (Å²) in [5, 5.41) is 3.56. The lowest BCUT2D eigenvalue weighted by atomic mass is 10.1. The summed E-state index contributed by atoms with van der Waals surface area (Å²) in [7, 11) is 0. The molecule has 0 bridgehead atoms. The number of hydrogen-bond donors (Lipinski definition) is 1. The highest BCUT2D eigenvalue weighted by Gasteiger charge is 2.12. The number of ether oxygens (including phenoxy) is 2. The molecule has 0 amide bonds. The molecule has 0 saturated carbocycles. The number of benzene rings is 1. The van der Waals surface area contributed by atoms with E-state index in [9.17, 15) is 0 Å². The van der Waals surface area contributed by atoms with Crippen LogP contribution in [0.2, 0.25) is 0 Å². The van der Waals surface area contributed by atoms with Crippen LogP contribution in [0, 0.1) is 6.92 Å². The second kappa shape index (κ2) is 9.64. The van der Waals surface area contributed by atoms with Gasteiger partial charge >= 0.3 is 0 Å². The second-order valence-corrected chi connectivity index (χ2v) is 6.81. The van der Waals surface area contributed by atoms with Crippen LogP contribution in [0.15, 0.2) is 23.7 Å². The van der Waals surface area contributed by atoms with Gasteiger partial charge in [-0.25, -0.2) is 4.98 Å². The van der Waals surface area contributed by atoms with Crippen LogP contribution in [-0.2, 0) is 6.54 Å². The molecule has 1 N–H and O–H groups in total. The predicted molar refractivity (Wildman–Crippen MR) is 100 cm³/mol. The number of rotatable bonds is 10. The van der Waals surface area contributed by atoms with Gasteiger partial charge in [0.25, 0.3) is 0 Å². The smallest absolute Gasteiger partial charge is 0.161 e. The monoisotopic (exact) mass is 348 g/mol. The first-order valence-corrected chi connectivity index (χ1v) is 9.55. The van der Waals surface area contributed by atoms with Crippen LogP contribution < -0.4 is 14.8 Å². The molecule has 0 spiro atoms. The molecule has 4 nitrogen and oxygen atoms in total. The maximum atomic E-state index is 5.88. The molecule has 1 unspecified atom stereocenters. The van der Waals surface area contributed by atoms with E-state index >= 15 is 0 Å². The zero-order chi connectivity index (χ0) is 17.4. The van der Waals surface area contributed by atoms with Crippen LogP contribution in [0.3, 0.4) is 0 Å². The van der Waals surface area contributed by atoms with Crippen molar-refractivity contribution in [3.63, 3.8) is 0 Å². The van der Waals surface area contributed by atoms with E-state index in [1.165, 1.54) is 10.4 Å². The van der Waals surface area contributed by atoms with Crippen molar-refractivity contribution in [3.05, 3.63) is 39.8 Å². The standard InChI is InChI=1S/C19H28N2O2S/c1-5-9-22-17-8-7-16(11-18(17)23-10-6-2)14(3)20-12-19-15(4)21-13-24-19/h7-8,11,13-14,20H,5-6,9-10,12H2,1-4H3. The van der Waals surface area contributed by atoms with Gasteiger partial charge in [-0.15, -0.1) is 11.3 Å². The first-order valence-electron chi connectivity index (χ1n) is 8.67. The molecule has 0 saturated heterocycles. The van der Waals surface area contributed by atoms with Crippen molar-refractivity contribution in [3.8, 4) is 11.5 Å². The Morgan fingerprint density at radius 1 is 1.12 bits per heavy atom. The lowest BCUT2D eigenvalue weighted by Crippen LogP contribution is -2.18. The van der Waals surface area contributed by atoms with Gasteiger partial charge in [-0.3, -0.25) is 0 Å². The fourth-order valence-electron chi connectivity index (χ4n) is 2.31. The topological polar surface area (TPSA) is 43.4 Å². The molecule has 1 heterocycles. The van der Waals surface area contributed by atoms with Gasteiger partial charge in [-0.1, -0.05) is 19.9 Å². The zero-order valence-corrected chi connectivity index (χ0v) is 15.9. The molecule has 2 rings (SSSR count). The molecule has 132 valence electrons. The third kappa shape index (κ3) is 5.21. The van der Waals surface area contributed by atoms with Crippen LogP contribution in [0.5, 0.6) is 11.5 Å². The Hall–Kier alpha value is -1.59. The maximum absolute atomic E-state index is 5.88. The molecule has 1 aromatic heterocycles. The van der Waals surface area contributed by atoms with E-state index < -0.39 is 0 Å². The summed E-state index contributed by atoms with van der Waals surface area (Å²) in [4.78, 5) is 5.58. The Balaban J connectivity index is 2.06. The molecule has 0 aliphatic rings. The Kier molecular flexibility index (Phi) is 7.53. The largest absolute Gasteiger partial charge is 0.490 e. The fourth-order valence-corrected chi connectivity index (χ4v) is 3.04. The van der Waals surface area contributed by atoms with Crippen molar-refractivity contribution in [2.75, 3.05) is 13.2 Å². The Bertz CT molecular complexity index is 628. The quantitative estimate of drug-likeness (QED) is 0.664. The number of hydrogen-bond acceptors (Lipinski definition) is 5. The van der Waals surface area contributed by atoms with Crippen LogP contribution >= 0.6 is 11.3 Å². The van der Waals surface area contributed by atoms with Gasteiger partial charge in [-0.2, -0.15) is 0 Å². The molecule has 1 aromatic carbocycles. The van der Waals surface area contributed by atoms with Crippen molar-refractivity contribution < 1.29 is 9.47 Å². The number of thiazole rings is 1. The van der Waals surface area contributed by atoms with Crippen LogP contribution in [0.25, 0.3) is 0 Å². The van der Waals surface area contributed by atoms with Gasteiger partial charge in [0.2, 0.25) is 0 Å². The highest BCUT2D eigenvalue weighted by atomic mass is 32.1. The number of aryl methyl sites for hydroxylation is 1. The third-order valence-corrected chi connectivity index (χ3v) is 4.74. The van der Waals surface area contributed by atoms with E-state index in [1.54, 1.807) is 11.3 Å². The van der Waals surface area contributed by atoms with Crippen LogP contribution in [-0.4, -0.2) is 18.2 Å². The summed E-state index contributed by atoms with van der Waals surface area (Å²) in [6, 6.07) is 6.46. The highest BCUT2D eigenvalue weighted by molar-refractivity contribution is 7.09.